The first-order valence-corrected chi connectivity index (χ1v) is 11.8. The van der Waals surface area contributed by atoms with Gasteiger partial charge in [0.05, 0.1) is 28.4 Å². The van der Waals surface area contributed by atoms with E-state index in [0.29, 0.717) is 18.7 Å². The van der Waals surface area contributed by atoms with Crippen LogP contribution in [-0.2, 0) is 27.2 Å². The molecule has 0 spiro atoms. The Kier molecular flexibility index (Phi) is 10.8. The molecular weight excluding hydrogens is 608 g/mol. The average molecular weight is 633 g/mol. The van der Waals surface area contributed by atoms with Gasteiger partial charge in [-0.1, -0.05) is 31.9 Å². The van der Waals surface area contributed by atoms with Crippen LogP contribution in [0.15, 0.2) is 45.5 Å². The van der Waals surface area contributed by atoms with Gasteiger partial charge in [-0.15, -0.1) is 12.4 Å². The van der Waals surface area contributed by atoms with Crippen LogP contribution in [0.2, 0.25) is 0 Å². The Labute approximate surface area is 226 Å². The van der Waals surface area contributed by atoms with Crippen LogP contribution in [0.1, 0.15) is 21.6 Å². The van der Waals surface area contributed by atoms with Crippen molar-refractivity contribution in [3.8, 4) is 11.5 Å². The number of nitrogens with one attached hydrogen (secondary N) is 1. The molecule has 0 saturated carbocycles. The fourth-order valence-corrected chi connectivity index (χ4v) is 4.62. The van der Waals surface area contributed by atoms with Crippen molar-refractivity contribution in [2.24, 2.45) is 0 Å². The maximum absolute atomic E-state index is 11.5. The lowest BCUT2D eigenvalue weighted by atomic mass is 9.95. The fraction of sp³-hybridized carbons (Fsp3) is 0.292. The summed E-state index contributed by atoms with van der Waals surface area (Å²) < 4.78 is 21.8. The van der Waals surface area contributed by atoms with Gasteiger partial charge in [-0.2, -0.15) is 0 Å². The van der Waals surface area contributed by atoms with Gasteiger partial charge in [0.25, 0.3) is 0 Å². The highest BCUT2D eigenvalue weighted by molar-refractivity contribution is 9.11. The van der Waals surface area contributed by atoms with Crippen molar-refractivity contribution in [2.45, 2.75) is 19.0 Å². The minimum absolute atomic E-state index is 0. The van der Waals surface area contributed by atoms with E-state index in [1.165, 1.54) is 14.2 Å². The van der Waals surface area contributed by atoms with Crippen LogP contribution in [0.4, 0.5) is 0 Å². The highest BCUT2D eigenvalue weighted by Gasteiger charge is 2.28. The normalized spacial score (nSPS) is 13.9. The molecule has 1 aliphatic rings. The van der Waals surface area contributed by atoms with E-state index >= 15 is 0 Å². The molecule has 0 radical (unpaired) electrons. The van der Waals surface area contributed by atoms with E-state index in [1.807, 2.05) is 24.3 Å². The molecule has 1 aromatic heterocycles. The summed E-state index contributed by atoms with van der Waals surface area (Å²) in [6, 6.07) is 8.96. The summed E-state index contributed by atoms with van der Waals surface area (Å²) in [5.41, 5.74) is 2.48. The predicted molar refractivity (Wildman–Crippen MR) is 142 cm³/mol. The lowest BCUT2D eigenvalue weighted by Crippen LogP contribution is -2.42. The Morgan fingerprint density at radius 2 is 1.57 bits per heavy atom. The number of pyridine rings is 1. The molecule has 0 aliphatic carbocycles. The van der Waals surface area contributed by atoms with E-state index in [2.05, 4.69) is 46.9 Å². The van der Waals surface area contributed by atoms with Crippen LogP contribution in [-0.4, -0.2) is 51.4 Å². The zero-order chi connectivity index (χ0) is 24.8. The van der Waals surface area contributed by atoms with Crippen molar-refractivity contribution in [1.29, 1.82) is 0 Å². The van der Waals surface area contributed by atoms with Gasteiger partial charge in [0, 0.05) is 44.4 Å². The summed E-state index contributed by atoms with van der Waals surface area (Å²) in [4.78, 5) is 27.0. The summed E-state index contributed by atoms with van der Waals surface area (Å²) in [6.07, 6.45) is 2.21. The Bertz CT molecular complexity index is 1220. The van der Waals surface area contributed by atoms with Crippen molar-refractivity contribution in [2.75, 3.05) is 28.4 Å². The molecule has 35 heavy (non-hydrogen) atoms. The third kappa shape index (κ3) is 6.43. The Morgan fingerprint density at radius 1 is 0.914 bits per heavy atom. The predicted octanol–water partition coefficient (Wildman–Crippen LogP) is 4.86. The van der Waals surface area contributed by atoms with Crippen molar-refractivity contribution in [1.82, 2.24) is 10.3 Å². The van der Waals surface area contributed by atoms with E-state index < -0.39 is 5.97 Å². The first-order valence-electron chi connectivity index (χ1n) is 10.2. The molecular formula is C24H25Br2ClN2O6. The number of nitrogens with zero attached hydrogens (tertiary/aromatic N) is 1. The van der Waals surface area contributed by atoms with Gasteiger partial charge in [0.15, 0.2) is 0 Å². The van der Waals surface area contributed by atoms with Crippen LogP contribution in [0, 0.1) is 0 Å². The summed E-state index contributed by atoms with van der Waals surface area (Å²) in [5, 5.41) is 4.86. The van der Waals surface area contributed by atoms with Crippen molar-refractivity contribution in [3.05, 3.63) is 62.3 Å². The molecule has 0 fully saturated rings. The second-order valence-electron chi connectivity index (χ2n) is 7.22. The topological polar surface area (TPSA) is 96.0 Å². The lowest BCUT2D eigenvalue weighted by molar-refractivity contribution is -0.143. The molecule has 0 saturated heterocycles. The zero-order valence-electron chi connectivity index (χ0n) is 19.5. The molecule has 0 bridgehead atoms. The Balaban J connectivity index is 0.000000240. The third-order valence-electron chi connectivity index (χ3n) is 5.39. The number of carbonyl (C=O) groups is 2. The van der Waals surface area contributed by atoms with E-state index in [0.717, 1.165) is 36.6 Å². The summed E-state index contributed by atoms with van der Waals surface area (Å²) in [5.74, 6) is 0.873. The maximum Gasteiger partial charge on any atom is 0.356 e. The minimum atomic E-state index is -0.457. The van der Waals surface area contributed by atoms with Gasteiger partial charge >= 0.3 is 11.9 Å². The standard InChI is InChI=1S/C12H14BrNO3.C12H10BrNO3.ClH/c2*1-16-11-4-3-9(13)7-5-10(12(15)17-2)14-6-8(7)11;/h3-4,10,14H,5-6H2,1-2H3;3-6H,1-2H3;1H. The van der Waals surface area contributed by atoms with Gasteiger partial charge in [0.1, 0.15) is 23.2 Å². The molecule has 1 N–H and O–H groups in total. The number of esters is 2. The average Bonchev–Trinajstić information content (AvgIpc) is 2.88. The second kappa shape index (κ2) is 13.1. The van der Waals surface area contributed by atoms with Crippen LogP contribution >= 0.6 is 44.3 Å². The molecule has 1 unspecified atom stereocenters. The van der Waals surface area contributed by atoms with Crippen LogP contribution in [0.3, 0.4) is 0 Å². The number of aromatic nitrogens is 1. The first kappa shape index (κ1) is 28.8. The zero-order valence-corrected chi connectivity index (χ0v) is 23.5. The minimum Gasteiger partial charge on any atom is -0.496 e. The molecule has 1 aliphatic heterocycles. The monoisotopic (exact) mass is 630 g/mol. The number of halogens is 3. The number of benzene rings is 2. The molecule has 11 heteroatoms. The molecule has 2 heterocycles. The molecule has 8 nitrogen and oxygen atoms in total. The highest BCUT2D eigenvalue weighted by Crippen LogP contribution is 2.33. The molecule has 0 amide bonds. The first-order chi connectivity index (χ1) is 16.3. The van der Waals surface area contributed by atoms with Gasteiger partial charge in [0.2, 0.25) is 0 Å². The molecule has 4 rings (SSSR count). The van der Waals surface area contributed by atoms with Gasteiger partial charge < -0.3 is 18.9 Å². The maximum atomic E-state index is 11.5. The fourth-order valence-electron chi connectivity index (χ4n) is 3.63. The van der Waals surface area contributed by atoms with Gasteiger partial charge in [-0.25, -0.2) is 9.78 Å². The van der Waals surface area contributed by atoms with E-state index in [1.54, 1.807) is 26.5 Å². The Hall–Kier alpha value is -2.40. The summed E-state index contributed by atoms with van der Waals surface area (Å²) in [7, 11) is 5.97. The largest absolute Gasteiger partial charge is 0.496 e. The Morgan fingerprint density at radius 3 is 2.20 bits per heavy atom. The van der Waals surface area contributed by atoms with Gasteiger partial charge in [-0.3, -0.25) is 10.1 Å². The highest BCUT2D eigenvalue weighted by atomic mass is 79.9. The van der Waals surface area contributed by atoms with E-state index in [4.69, 9.17) is 14.2 Å². The number of hydrogen-bond acceptors (Lipinski definition) is 8. The van der Waals surface area contributed by atoms with Gasteiger partial charge in [-0.05, 0) is 35.9 Å². The molecule has 3 aromatic rings. The number of carbonyl (C=O) groups excluding carboxylic acids is 2. The van der Waals surface area contributed by atoms with E-state index in [9.17, 15) is 9.59 Å². The molecule has 2 aromatic carbocycles. The lowest BCUT2D eigenvalue weighted by Gasteiger charge is -2.26. The van der Waals surface area contributed by atoms with Crippen molar-refractivity contribution < 1.29 is 28.5 Å². The van der Waals surface area contributed by atoms with Crippen LogP contribution < -0.4 is 14.8 Å². The number of fused-ring (bicyclic) bond motifs is 2. The van der Waals surface area contributed by atoms with Crippen LogP contribution in [0.5, 0.6) is 11.5 Å². The number of hydrogen-bond donors (Lipinski definition) is 1. The van der Waals surface area contributed by atoms with Crippen molar-refractivity contribution in [3.63, 3.8) is 0 Å². The smallest absolute Gasteiger partial charge is 0.356 e. The summed E-state index contributed by atoms with van der Waals surface area (Å²) in [6.45, 7) is 0.609. The molecule has 1 atom stereocenters. The second-order valence-corrected chi connectivity index (χ2v) is 8.93. The van der Waals surface area contributed by atoms with Crippen molar-refractivity contribution >= 4 is 67.0 Å². The number of ether oxygens (including phenoxy) is 4. The van der Waals surface area contributed by atoms with E-state index in [-0.39, 0.29) is 30.1 Å². The van der Waals surface area contributed by atoms with Crippen LogP contribution in [0.25, 0.3) is 10.8 Å². The third-order valence-corrected chi connectivity index (χ3v) is 6.83. The summed E-state index contributed by atoms with van der Waals surface area (Å²) >= 11 is 6.94. The quantitative estimate of drug-likeness (QED) is 0.408. The number of rotatable bonds is 4. The molecule has 188 valence electrons. The number of methoxy groups -OCH3 is 4. The SMILES string of the molecule is COC(=O)C1Cc2c(Br)ccc(OC)c2CN1.COC(=O)c1cc2c(Br)ccc(OC)c2cn1.Cl.